The molecule has 1 atom stereocenters. The van der Waals surface area contributed by atoms with Gasteiger partial charge in [0.1, 0.15) is 5.82 Å². The van der Waals surface area contributed by atoms with Crippen LogP contribution in [0.4, 0.5) is 10.1 Å². The van der Waals surface area contributed by atoms with Crippen LogP contribution in [0.25, 0.3) is 0 Å². The molecule has 0 aromatic heterocycles. The molecule has 3 nitrogen and oxygen atoms in total. The first-order chi connectivity index (χ1) is 8.74. The summed E-state index contributed by atoms with van der Waals surface area (Å²) in [4.78, 5) is 11.6. The van der Waals surface area contributed by atoms with Gasteiger partial charge in [0.2, 0.25) is 6.23 Å². The zero-order valence-corrected chi connectivity index (χ0v) is 9.39. The van der Waals surface area contributed by atoms with Gasteiger partial charge in [-0.15, -0.1) is 0 Å². The molecule has 0 amide bonds. The molecule has 18 heavy (non-hydrogen) atoms. The molecule has 2 aromatic carbocycles. The summed E-state index contributed by atoms with van der Waals surface area (Å²) in [7, 11) is 0. The van der Waals surface area contributed by atoms with Crippen molar-refractivity contribution in [3.05, 3.63) is 65.5 Å². The minimum absolute atomic E-state index is 0.336. The summed E-state index contributed by atoms with van der Waals surface area (Å²) >= 11 is 0. The molecule has 0 spiro atoms. The van der Waals surface area contributed by atoms with Crippen molar-refractivity contribution in [3.8, 4) is 0 Å². The summed E-state index contributed by atoms with van der Waals surface area (Å²) in [6.45, 7) is 0. The first kappa shape index (κ1) is 10.8. The average molecular weight is 243 g/mol. The quantitative estimate of drug-likeness (QED) is 0.823. The second-order valence-electron chi connectivity index (χ2n) is 4.03. The third-order valence-corrected chi connectivity index (χ3v) is 2.81. The number of benzene rings is 2. The Bertz CT molecular complexity index is 612. The number of hydrogen-bond donors (Lipinski definition) is 1. The number of hydrogen-bond acceptors (Lipinski definition) is 3. The van der Waals surface area contributed by atoms with Gasteiger partial charge in [0.25, 0.3) is 0 Å². The number of rotatable bonds is 2. The van der Waals surface area contributed by atoms with Crippen LogP contribution in [0.15, 0.2) is 48.5 Å². The zero-order chi connectivity index (χ0) is 12.5. The molecule has 1 aliphatic heterocycles. The number of cyclic esters (lactones) is 1. The monoisotopic (exact) mass is 243 g/mol. The molecule has 4 heteroatoms. The normalized spacial score (nSPS) is 17.2. The molecule has 0 aliphatic carbocycles. The Kier molecular flexibility index (Phi) is 2.48. The number of fused-ring (bicyclic) bond motifs is 1. The number of esters is 1. The molecular weight excluding hydrogens is 233 g/mol. The topological polar surface area (TPSA) is 38.3 Å². The van der Waals surface area contributed by atoms with E-state index in [0.717, 1.165) is 5.56 Å². The molecule has 3 rings (SSSR count). The summed E-state index contributed by atoms with van der Waals surface area (Å²) in [5, 5.41) is 2.99. The lowest BCUT2D eigenvalue weighted by atomic mass is 10.1. The van der Waals surface area contributed by atoms with Gasteiger partial charge in [-0.05, 0) is 24.3 Å². The third kappa shape index (κ3) is 1.82. The lowest BCUT2D eigenvalue weighted by Gasteiger charge is -2.14. The van der Waals surface area contributed by atoms with Gasteiger partial charge < -0.3 is 10.1 Å². The Balaban J connectivity index is 1.90. The van der Waals surface area contributed by atoms with Gasteiger partial charge in [0.15, 0.2) is 0 Å². The van der Waals surface area contributed by atoms with Crippen molar-refractivity contribution >= 4 is 11.7 Å². The van der Waals surface area contributed by atoms with Crippen molar-refractivity contribution in [2.75, 3.05) is 5.32 Å². The standard InChI is InChI=1S/C14H10FNO2/c15-9-4-3-5-10(8-9)16-13-11-6-1-2-7-12(11)14(17)18-13/h1-8,13,16H/t13-/m0/s1. The van der Waals surface area contributed by atoms with E-state index >= 15 is 0 Å². The van der Waals surface area contributed by atoms with Crippen LogP contribution < -0.4 is 5.32 Å². The van der Waals surface area contributed by atoms with E-state index in [1.807, 2.05) is 12.1 Å². The highest BCUT2D eigenvalue weighted by Gasteiger charge is 2.30. The Morgan fingerprint density at radius 2 is 1.94 bits per heavy atom. The van der Waals surface area contributed by atoms with E-state index in [1.165, 1.54) is 12.1 Å². The number of anilines is 1. The lowest BCUT2D eigenvalue weighted by molar-refractivity contribution is 0.0437. The van der Waals surface area contributed by atoms with Crippen LogP contribution >= 0.6 is 0 Å². The summed E-state index contributed by atoms with van der Waals surface area (Å²) < 4.78 is 18.3. The van der Waals surface area contributed by atoms with Crippen LogP contribution in [0.1, 0.15) is 22.1 Å². The molecular formula is C14H10FNO2. The van der Waals surface area contributed by atoms with E-state index < -0.39 is 6.23 Å². The zero-order valence-electron chi connectivity index (χ0n) is 9.39. The van der Waals surface area contributed by atoms with Gasteiger partial charge in [-0.2, -0.15) is 0 Å². The Labute approximate surface area is 103 Å². The molecule has 0 saturated heterocycles. The Morgan fingerprint density at radius 3 is 2.78 bits per heavy atom. The van der Waals surface area contributed by atoms with Crippen molar-refractivity contribution in [3.63, 3.8) is 0 Å². The first-order valence-corrected chi connectivity index (χ1v) is 5.56. The van der Waals surface area contributed by atoms with Gasteiger partial charge in [-0.1, -0.05) is 24.3 Å². The summed E-state index contributed by atoms with van der Waals surface area (Å²) in [5.41, 5.74) is 1.89. The molecule has 1 heterocycles. The van der Waals surface area contributed by atoms with Crippen LogP contribution in [-0.2, 0) is 4.74 Å². The number of nitrogens with one attached hydrogen (secondary N) is 1. The minimum atomic E-state index is -0.560. The SMILES string of the molecule is O=C1O[C@H](Nc2cccc(F)c2)c2ccccc21. The molecule has 0 saturated carbocycles. The van der Waals surface area contributed by atoms with Crippen molar-refractivity contribution in [2.24, 2.45) is 0 Å². The van der Waals surface area contributed by atoms with Crippen LogP contribution in [0.5, 0.6) is 0 Å². The van der Waals surface area contributed by atoms with Crippen molar-refractivity contribution in [1.29, 1.82) is 0 Å². The largest absolute Gasteiger partial charge is 0.434 e. The molecule has 0 unspecified atom stereocenters. The van der Waals surface area contributed by atoms with E-state index in [2.05, 4.69) is 5.32 Å². The maximum Gasteiger partial charge on any atom is 0.340 e. The van der Waals surface area contributed by atoms with Crippen LogP contribution in [0.3, 0.4) is 0 Å². The molecule has 0 fully saturated rings. The molecule has 0 bridgehead atoms. The van der Waals surface area contributed by atoms with Gasteiger partial charge in [-0.3, -0.25) is 0 Å². The highest BCUT2D eigenvalue weighted by Crippen LogP contribution is 2.31. The average Bonchev–Trinajstić information content (AvgIpc) is 2.67. The third-order valence-electron chi connectivity index (χ3n) is 2.81. The van der Waals surface area contributed by atoms with Gasteiger partial charge in [0.05, 0.1) is 5.56 Å². The highest BCUT2D eigenvalue weighted by molar-refractivity contribution is 5.94. The Hall–Kier alpha value is -2.36. The van der Waals surface area contributed by atoms with Gasteiger partial charge in [-0.25, -0.2) is 9.18 Å². The number of carbonyl (C=O) groups is 1. The van der Waals surface area contributed by atoms with Gasteiger partial charge >= 0.3 is 5.97 Å². The van der Waals surface area contributed by atoms with Gasteiger partial charge in [0, 0.05) is 11.3 Å². The first-order valence-electron chi connectivity index (χ1n) is 5.56. The van der Waals surface area contributed by atoms with E-state index in [-0.39, 0.29) is 11.8 Å². The fourth-order valence-electron chi connectivity index (χ4n) is 1.98. The summed E-state index contributed by atoms with van der Waals surface area (Å²) in [6.07, 6.45) is -0.560. The van der Waals surface area contributed by atoms with Crippen LogP contribution in [0, 0.1) is 5.82 Å². The highest BCUT2D eigenvalue weighted by atomic mass is 19.1. The smallest absolute Gasteiger partial charge is 0.340 e. The number of halogens is 1. The van der Waals surface area contributed by atoms with Crippen molar-refractivity contribution < 1.29 is 13.9 Å². The number of carbonyl (C=O) groups excluding carboxylic acids is 1. The van der Waals surface area contributed by atoms with Crippen LogP contribution in [-0.4, -0.2) is 5.97 Å². The van der Waals surface area contributed by atoms with Crippen molar-refractivity contribution in [1.82, 2.24) is 0 Å². The predicted molar refractivity (Wildman–Crippen MR) is 64.6 cm³/mol. The number of ether oxygens (including phenoxy) is 1. The molecule has 1 aliphatic rings. The molecule has 1 N–H and O–H groups in total. The van der Waals surface area contributed by atoms with Crippen LogP contribution in [0.2, 0.25) is 0 Å². The molecule has 0 radical (unpaired) electrons. The van der Waals surface area contributed by atoms with Crippen molar-refractivity contribution in [2.45, 2.75) is 6.23 Å². The van der Waals surface area contributed by atoms with E-state index in [0.29, 0.717) is 11.3 Å². The fourth-order valence-corrected chi connectivity index (χ4v) is 1.98. The maximum absolute atomic E-state index is 13.1. The molecule has 2 aromatic rings. The second-order valence-corrected chi connectivity index (χ2v) is 4.03. The Morgan fingerprint density at radius 1 is 1.11 bits per heavy atom. The maximum atomic E-state index is 13.1. The summed E-state index contributed by atoms with van der Waals surface area (Å²) in [6, 6.07) is 13.2. The van der Waals surface area contributed by atoms with E-state index in [1.54, 1.807) is 24.3 Å². The minimum Gasteiger partial charge on any atom is -0.434 e. The summed E-state index contributed by atoms with van der Waals surface area (Å²) in [5.74, 6) is -0.697. The molecule has 90 valence electrons. The fraction of sp³-hybridized carbons (Fsp3) is 0.0714. The van der Waals surface area contributed by atoms with E-state index in [4.69, 9.17) is 4.74 Å². The van der Waals surface area contributed by atoms with E-state index in [9.17, 15) is 9.18 Å². The predicted octanol–water partition coefficient (Wildman–Crippen LogP) is 3.11. The second kappa shape index (κ2) is 4.14. The lowest BCUT2D eigenvalue weighted by Crippen LogP contribution is -2.10.